The molecule has 0 N–H and O–H groups in total. The van der Waals surface area contributed by atoms with E-state index < -0.39 is 5.41 Å². The normalized spacial score (nSPS) is 13.3. The molecule has 2 heterocycles. The number of nitrogens with zero attached hydrogens (tertiary/aromatic N) is 2. The summed E-state index contributed by atoms with van der Waals surface area (Å²) in [5, 5.41) is 7.25. The lowest BCUT2D eigenvalue weighted by Crippen LogP contribution is -2.32. The Labute approximate surface area is 358 Å². The number of para-hydroxylation sites is 3. The summed E-state index contributed by atoms with van der Waals surface area (Å²) in [5.74, 6) is 0. The van der Waals surface area contributed by atoms with Crippen LogP contribution < -0.4 is 4.90 Å². The number of fused-ring (bicyclic) bond motifs is 15. The van der Waals surface area contributed by atoms with E-state index in [1.165, 1.54) is 66.1 Å². The van der Waals surface area contributed by atoms with Gasteiger partial charge in [-0.2, -0.15) is 0 Å². The van der Waals surface area contributed by atoms with Crippen LogP contribution >= 0.6 is 0 Å². The van der Waals surface area contributed by atoms with E-state index in [0.29, 0.717) is 0 Å². The number of aromatic nitrogens is 1. The first-order chi connectivity index (χ1) is 30.8. The zero-order valence-corrected chi connectivity index (χ0v) is 33.6. The summed E-state index contributed by atoms with van der Waals surface area (Å²) in [4.78, 5) is 2.44. The number of hydrogen-bond acceptors (Lipinski definition) is 2. The molecule has 0 radical (unpaired) electrons. The standard InChI is InChI=1S/C59H36N2O/c1-2-17-38(18-3-1)60(40-32-34-45-44-21-6-10-27-52(44)61(54(45)36-40)53-28-14-30-56-58(53)47-22-7-11-29-55(47)62-56)39-31-33-43-46-23-12-15-37-16-13-26-50(57(37)46)59(51(43)35-39)48-24-8-4-19-41(48)42-20-5-9-25-49(42)59/h1-36H. The first kappa shape index (κ1) is 33.7. The van der Waals surface area contributed by atoms with Gasteiger partial charge in [-0.05, 0) is 116 Å². The van der Waals surface area contributed by atoms with Gasteiger partial charge in [0, 0.05) is 33.2 Å². The van der Waals surface area contributed by atoms with Gasteiger partial charge < -0.3 is 13.9 Å². The molecule has 2 aliphatic carbocycles. The molecule has 2 aliphatic rings. The number of anilines is 3. The first-order valence-corrected chi connectivity index (χ1v) is 21.4. The highest BCUT2D eigenvalue weighted by Crippen LogP contribution is 2.62. The highest BCUT2D eigenvalue weighted by atomic mass is 16.3. The Bertz CT molecular complexity index is 3780. The largest absolute Gasteiger partial charge is 0.456 e. The lowest BCUT2D eigenvalue weighted by Gasteiger charge is -2.40. The Hall–Kier alpha value is -8.14. The monoisotopic (exact) mass is 788 g/mol. The zero-order chi connectivity index (χ0) is 40.5. The molecule has 0 bridgehead atoms. The van der Waals surface area contributed by atoms with Crippen LogP contribution in [0.5, 0.6) is 0 Å². The van der Waals surface area contributed by atoms with Crippen LogP contribution in [0.2, 0.25) is 0 Å². The van der Waals surface area contributed by atoms with Crippen molar-refractivity contribution in [3.05, 3.63) is 241 Å². The fraction of sp³-hybridized carbons (Fsp3) is 0.0169. The molecule has 0 aliphatic heterocycles. The van der Waals surface area contributed by atoms with E-state index in [-0.39, 0.29) is 0 Å². The third-order valence-electron chi connectivity index (χ3n) is 13.8. The second kappa shape index (κ2) is 12.4. The van der Waals surface area contributed by atoms with Crippen molar-refractivity contribution in [2.75, 3.05) is 4.90 Å². The van der Waals surface area contributed by atoms with E-state index >= 15 is 0 Å². The summed E-state index contributed by atoms with van der Waals surface area (Å²) in [5.41, 5.74) is 18.4. The Morgan fingerprint density at radius 3 is 1.79 bits per heavy atom. The van der Waals surface area contributed by atoms with Gasteiger partial charge in [0.2, 0.25) is 0 Å². The van der Waals surface area contributed by atoms with Crippen molar-refractivity contribution in [3.63, 3.8) is 0 Å². The quantitative estimate of drug-likeness (QED) is 0.177. The molecule has 14 rings (SSSR count). The fourth-order valence-corrected chi connectivity index (χ4v) is 11.4. The van der Waals surface area contributed by atoms with Crippen LogP contribution in [0.15, 0.2) is 223 Å². The van der Waals surface area contributed by atoms with Gasteiger partial charge in [0.05, 0.1) is 27.5 Å². The van der Waals surface area contributed by atoms with E-state index in [0.717, 1.165) is 55.7 Å². The van der Waals surface area contributed by atoms with Crippen LogP contribution in [0.25, 0.3) is 82.5 Å². The lowest BCUT2D eigenvalue weighted by atomic mass is 9.61. The smallest absolute Gasteiger partial charge is 0.137 e. The minimum atomic E-state index is -0.517. The van der Waals surface area contributed by atoms with Crippen LogP contribution in [0.4, 0.5) is 17.1 Å². The Morgan fingerprint density at radius 2 is 0.952 bits per heavy atom. The first-order valence-electron chi connectivity index (χ1n) is 21.4. The van der Waals surface area contributed by atoms with Crippen molar-refractivity contribution in [2.45, 2.75) is 5.41 Å². The average Bonchev–Trinajstić information content (AvgIpc) is 3.98. The summed E-state index contributed by atoms with van der Waals surface area (Å²) in [7, 11) is 0. The SMILES string of the molecule is c1ccc(N(c2ccc3c(c2)C2(c4ccccc4-c4ccccc42)c2cccc4cccc-3c24)c2ccc3c4ccccc4n(-c4cccc5oc6ccccc6c45)c3c2)cc1. The molecule has 10 aromatic carbocycles. The molecule has 0 saturated carbocycles. The van der Waals surface area contributed by atoms with Crippen LogP contribution in [0, 0.1) is 0 Å². The maximum atomic E-state index is 6.44. The molecular formula is C59H36N2O. The average molecular weight is 789 g/mol. The summed E-state index contributed by atoms with van der Waals surface area (Å²) in [6.07, 6.45) is 0. The minimum absolute atomic E-state index is 0.517. The second-order valence-electron chi connectivity index (χ2n) is 16.8. The van der Waals surface area contributed by atoms with E-state index in [1.807, 2.05) is 6.07 Å². The predicted molar refractivity (Wildman–Crippen MR) is 257 cm³/mol. The van der Waals surface area contributed by atoms with Crippen molar-refractivity contribution in [1.82, 2.24) is 4.57 Å². The summed E-state index contributed by atoms with van der Waals surface area (Å²) >= 11 is 0. The number of furan rings is 1. The highest BCUT2D eigenvalue weighted by molar-refractivity contribution is 6.15. The van der Waals surface area contributed by atoms with Crippen molar-refractivity contribution in [2.24, 2.45) is 0 Å². The van der Waals surface area contributed by atoms with Gasteiger partial charge in [0.15, 0.2) is 0 Å². The molecule has 288 valence electrons. The Balaban J connectivity index is 1.06. The van der Waals surface area contributed by atoms with Crippen LogP contribution in [0.3, 0.4) is 0 Å². The van der Waals surface area contributed by atoms with E-state index in [4.69, 9.17) is 4.42 Å². The minimum Gasteiger partial charge on any atom is -0.456 e. The summed E-state index contributed by atoms with van der Waals surface area (Å²) in [6.45, 7) is 0. The Kier molecular flexibility index (Phi) is 6.76. The lowest BCUT2D eigenvalue weighted by molar-refractivity contribution is 0.669. The second-order valence-corrected chi connectivity index (χ2v) is 16.8. The van der Waals surface area contributed by atoms with E-state index in [1.54, 1.807) is 0 Å². The van der Waals surface area contributed by atoms with E-state index in [9.17, 15) is 0 Å². The number of benzene rings is 10. The molecule has 3 heteroatoms. The van der Waals surface area contributed by atoms with Crippen LogP contribution in [0.1, 0.15) is 22.3 Å². The molecule has 12 aromatic rings. The predicted octanol–water partition coefficient (Wildman–Crippen LogP) is 15.6. The molecule has 0 saturated heterocycles. The molecule has 0 fully saturated rings. The molecule has 3 nitrogen and oxygen atoms in total. The topological polar surface area (TPSA) is 21.3 Å². The van der Waals surface area contributed by atoms with Gasteiger partial charge in [0.25, 0.3) is 0 Å². The maximum Gasteiger partial charge on any atom is 0.137 e. The van der Waals surface area contributed by atoms with Crippen molar-refractivity contribution in [3.8, 4) is 27.9 Å². The van der Waals surface area contributed by atoms with Crippen LogP contribution in [-0.4, -0.2) is 4.57 Å². The highest BCUT2D eigenvalue weighted by Gasteiger charge is 2.50. The van der Waals surface area contributed by atoms with Gasteiger partial charge in [-0.25, -0.2) is 0 Å². The van der Waals surface area contributed by atoms with Gasteiger partial charge in [-0.3, -0.25) is 0 Å². The van der Waals surface area contributed by atoms with Crippen molar-refractivity contribution >= 4 is 71.6 Å². The van der Waals surface area contributed by atoms with Gasteiger partial charge in [-0.15, -0.1) is 0 Å². The summed E-state index contributed by atoms with van der Waals surface area (Å²) in [6, 6.07) is 80.5. The van der Waals surface area contributed by atoms with Gasteiger partial charge in [-0.1, -0.05) is 158 Å². The molecule has 0 atom stereocenters. The fourth-order valence-electron chi connectivity index (χ4n) is 11.4. The zero-order valence-electron chi connectivity index (χ0n) is 33.6. The maximum absolute atomic E-state index is 6.44. The van der Waals surface area contributed by atoms with Gasteiger partial charge in [0.1, 0.15) is 11.2 Å². The van der Waals surface area contributed by atoms with Crippen molar-refractivity contribution in [1.29, 1.82) is 0 Å². The van der Waals surface area contributed by atoms with E-state index in [2.05, 4.69) is 222 Å². The molecule has 0 amide bonds. The number of rotatable bonds is 4. The van der Waals surface area contributed by atoms with Gasteiger partial charge >= 0.3 is 0 Å². The Morgan fingerprint density at radius 1 is 0.355 bits per heavy atom. The third kappa shape index (κ3) is 4.34. The molecule has 2 aromatic heterocycles. The molecule has 62 heavy (non-hydrogen) atoms. The third-order valence-corrected chi connectivity index (χ3v) is 13.8. The summed E-state index contributed by atoms with van der Waals surface area (Å²) < 4.78 is 8.88. The molecular weight excluding hydrogens is 753 g/mol. The molecule has 1 spiro atoms. The molecule has 0 unspecified atom stereocenters. The van der Waals surface area contributed by atoms with Crippen LogP contribution in [-0.2, 0) is 5.41 Å². The van der Waals surface area contributed by atoms with Crippen molar-refractivity contribution < 1.29 is 4.42 Å². The number of hydrogen-bond donors (Lipinski definition) is 0.